The molecule has 1 aliphatic heterocycles. The van der Waals surface area contributed by atoms with E-state index in [0.717, 1.165) is 6.42 Å². The van der Waals surface area contributed by atoms with Gasteiger partial charge in [-0.05, 0) is 25.5 Å². The van der Waals surface area contributed by atoms with Crippen LogP contribution in [0.3, 0.4) is 0 Å². The lowest BCUT2D eigenvalue weighted by molar-refractivity contribution is -0.161. The molecule has 0 aromatic carbocycles. The summed E-state index contributed by atoms with van der Waals surface area (Å²) in [7, 11) is 0. The summed E-state index contributed by atoms with van der Waals surface area (Å²) in [6, 6.07) is 1.41. The summed E-state index contributed by atoms with van der Waals surface area (Å²) in [5, 5.41) is 3.57. The van der Waals surface area contributed by atoms with E-state index in [4.69, 9.17) is 9.78 Å². The van der Waals surface area contributed by atoms with Crippen molar-refractivity contribution in [3.05, 3.63) is 6.07 Å². The van der Waals surface area contributed by atoms with Crippen LogP contribution in [0.1, 0.15) is 32.1 Å². The molecule has 25 heavy (non-hydrogen) atoms. The molecule has 0 spiro atoms. The van der Waals surface area contributed by atoms with Crippen molar-refractivity contribution in [1.82, 2.24) is 14.9 Å². The van der Waals surface area contributed by atoms with Crippen molar-refractivity contribution in [2.45, 2.75) is 49.2 Å². The number of nitrogens with one attached hydrogen (secondary N) is 1. The zero-order chi connectivity index (χ0) is 17.9. The largest absolute Gasteiger partial charge is 0.452 e. The van der Waals surface area contributed by atoms with Gasteiger partial charge in [-0.1, -0.05) is 11.8 Å². The molecular formula is C15H20F2N4O3S. The molecule has 2 aliphatic rings. The van der Waals surface area contributed by atoms with E-state index in [1.54, 1.807) is 6.26 Å². The van der Waals surface area contributed by atoms with E-state index in [2.05, 4.69) is 15.3 Å². The number of rotatable bonds is 5. The highest BCUT2D eigenvalue weighted by atomic mass is 32.2. The fourth-order valence-corrected chi connectivity index (χ4v) is 3.01. The Hall–Kier alpha value is -1.84. The molecule has 1 aromatic rings. The SMILES string of the molecule is CSc1nc(NC2CCC(F)(F)CC2)cc(OOC(=O)N2CCC2)n1. The fraction of sp³-hybridized carbons (Fsp3) is 0.667. The van der Waals surface area contributed by atoms with E-state index < -0.39 is 12.0 Å². The summed E-state index contributed by atoms with van der Waals surface area (Å²) in [4.78, 5) is 31.4. The molecule has 0 unspecified atom stereocenters. The summed E-state index contributed by atoms with van der Waals surface area (Å²) in [6.45, 7) is 1.31. The van der Waals surface area contributed by atoms with Gasteiger partial charge < -0.3 is 10.2 Å². The third kappa shape index (κ3) is 4.83. The average Bonchev–Trinajstić information content (AvgIpc) is 2.53. The van der Waals surface area contributed by atoms with Gasteiger partial charge in [0.1, 0.15) is 5.82 Å². The molecule has 1 saturated heterocycles. The Kier molecular flexibility index (Phi) is 5.45. The lowest BCUT2D eigenvalue weighted by atomic mass is 9.92. The second-order valence-electron chi connectivity index (χ2n) is 6.13. The maximum absolute atomic E-state index is 13.2. The normalized spacial score (nSPS) is 19.9. The van der Waals surface area contributed by atoms with Gasteiger partial charge in [-0.15, -0.1) is 0 Å². The molecule has 10 heteroatoms. The highest BCUT2D eigenvalue weighted by Gasteiger charge is 2.35. The van der Waals surface area contributed by atoms with Crippen LogP contribution in [-0.2, 0) is 4.89 Å². The van der Waals surface area contributed by atoms with Crippen LogP contribution in [-0.4, -0.2) is 52.3 Å². The monoisotopic (exact) mass is 374 g/mol. The van der Waals surface area contributed by atoms with Gasteiger partial charge >= 0.3 is 6.09 Å². The predicted octanol–water partition coefficient (Wildman–Crippen LogP) is 3.32. The number of aromatic nitrogens is 2. The Labute approximate surface area is 148 Å². The number of nitrogens with zero attached hydrogens (tertiary/aromatic N) is 3. The minimum atomic E-state index is -2.58. The first-order valence-electron chi connectivity index (χ1n) is 8.16. The molecule has 0 bridgehead atoms. The Morgan fingerprint density at radius 3 is 2.68 bits per heavy atom. The Morgan fingerprint density at radius 2 is 2.08 bits per heavy atom. The van der Waals surface area contributed by atoms with Crippen LogP contribution < -0.4 is 10.2 Å². The average molecular weight is 374 g/mol. The van der Waals surface area contributed by atoms with E-state index >= 15 is 0 Å². The summed E-state index contributed by atoms with van der Waals surface area (Å²) < 4.78 is 26.5. The van der Waals surface area contributed by atoms with Crippen LogP contribution in [0, 0.1) is 0 Å². The van der Waals surface area contributed by atoms with Gasteiger partial charge in [0.2, 0.25) is 5.92 Å². The molecule has 3 rings (SSSR count). The number of anilines is 1. The van der Waals surface area contributed by atoms with Crippen LogP contribution in [0.2, 0.25) is 0 Å². The fourth-order valence-electron chi connectivity index (χ4n) is 2.64. The number of carbonyl (C=O) groups is 1. The molecule has 7 nitrogen and oxygen atoms in total. The minimum absolute atomic E-state index is 0.0827. The first-order chi connectivity index (χ1) is 11.9. The van der Waals surface area contributed by atoms with Gasteiger partial charge in [0.25, 0.3) is 5.88 Å². The highest BCUT2D eigenvalue weighted by molar-refractivity contribution is 7.98. The van der Waals surface area contributed by atoms with Gasteiger partial charge in [-0.3, -0.25) is 4.89 Å². The quantitative estimate of drug-likeness (QED) is 0.367. The van der Waals surface area contributed by atoms with E-state index in [9.17, 15) is 13.6 Å². The van der Waals surface area contributed by atoms with Crippen molar-refractivity contribution in [3.8, 4) is 5.88 Å². The van der Waals surface area contributed by atoms with Crippen molar-refractivity contribution >= 4 is 23.7 Å². The number of carbonyl (C=O) groups excluding carboxylic acids is 1. The predicted molar refractivity (Wildman–Crippen MR) is 87.9 cm³/mol. The van der Waals surface area contributed by atoms with E-state index in [-0.39, 0.29) is 24.8 Å². The molecule has 2 fully saturated rings. The second kappa shape index (κ2) is 7.59. The first kappa shape index (κ1) is 18.0. The zero-order valence-corrected chi connectivity index (χ0v) is 14.7. The smallest absolute Gasteiger partial charge is 0.367 e. The summed E-state index contributed by atoms with van der Waals surface area (Å²) >= 11 is 1.30. The molecule has 1 saturated carbocycles. The third-order valence-corrected chi connectivity index (χ3v) is 4.79. The number of amides is 1. The van der Waals surface area contributed by atoms with Crippen LogP contribution in [0.25, 0.3) is 0 Å². The molecular weight excluding hydrogens is 354 g/mol. The van der Waals surface area contributed by atoms with E-state index in [0.29, 0.717) is 36.9 Å². The van der Waals surface area contributed by atoms with Crippen molar-refractivity contribution < 1.29 is 23.4 Å². The molecule has 2 heterocycles. The molecule has 1 amide bonds. The molecule has 138 valence electrons. The van der Waals surface area contributed by atoms with Crippen LogP contribution in [0.15, 0.2) is 11.2 Å². The van der Waals surface area contributed by atoms with Crippen LogP contribution in [0.5, 0.6) is 5.88 Å². The van der Waals surface area contributed by atoms with Crippen LogP contribution >= 0.6 is 11.8 Å². The lowest BCUT2D eigenvalue weighted by Gasteiger charge is -2.29. The summed E-state index contributed by atoms with van der Waals surface area (Å²) in [5.41, 5.74) is 0. The van der Waals surface area contributed by atoms with Crippen molar-refractivity contribution in [2.24, 2.45) is 0 Å². The summed E-state index contributed by atoms with van der Waals surface area (Å²) in [5.74, 6) is -2.02. The standard InChI is InChI=1S/C15H20F2N4O3S/c1-25-13-19-11(18-10-3-5-15(16,17)6-4-10)9-12(20-13)23-24-14(22)21-7-2-8-21/h9-10H,2-8H2,1H3,(H,18,19,20). The first-order valence-corrected chi connectivity index (χ1v) is 9.38. The molecule has 1 aromatic heterocycles. The number of likely N-dealkylation sites (tertiary alicyclic amines) is 1. The second-order valence-corrected chi connectivity index (χ2v) is 6.90. The maximum Gasteiger partial charge on any atom is 0.452 e. The number of thioether (sulfide) groups is 1. The molecule has 1 aliphatic carbocycles. The Bertz CT molecular complexity index is 621. The number of halogens is 2. The number of hydrogen-bond acceptors (Lipinski definition) is 7. The molecule has 0 atom stereocenters. The van der Waals surface area contributed by atoms with Gasteiger partial charge in [0.15, 0.2) is 5.16 Å². The van der Waals surface area contributed by atoms with Gasteiger partial charge in [0, 0.05) is 38.0 Å². The van der Waals surface area contributed by atoms with Gasteiger partial charge in [-0.2, -0.15) is 4.98 Å². The van der Waals surface area contributed by atoms with E-state index in [1.165, 1.54) is 22.7 Å². The zero-order valence-electron chi connectivity index (χ0n) is 13.8. The van der Waals surface area contributed by atoms with Crippen LogP contribution in [0.4, 0.5) is 19.4 Å². The van der Waals surface area contributed by atoms with Crippen molar-refractivity contribution in [3.63, 3.8) is 0 Å². The van der Waals surface area contributed by atoms with Crippen molar-refractivity contribution in [2.75, 3.05) is 24.7 Å². The Morgan fingerprint density at radius 1 is 1.36 bits per heavy atom. The van der Waals surface area contributed by atoms with Gasteiger partial charge in [0.05, 0.1) is 0 Å². The maximum atomic E-state index is 13.2. The highest BCUT2D eigenvalue weighted by Crippen LogP contribution is 2.34. The molecule has 1 N–H and O–H groups in total. The minimum Gasteiger partial charge on any atom is -0.367 e. The summed E-state index contributed by atoms with van der Waals surface area (Å²) in [6.07, 6.45) is 2.66. The Balaban J connectivity index is 1.60. The number of hydrogen-bond donors (Lipinski definition) is 1. The van der Waals surface area contributed by atoms with Gasteiger partial charge in [-0.25, -0.2) is 23.4 Å². The third-order valence-electron chi connectivity index (χ3n) is 4.25. The lowest BCUT2D eigenvalue weighted by Crippen LogP contribution is -2.42. The number of alkyl halides is 2. The van der Waals surface area contributed by atoms with Crippen molar-refractivity contribution in [1.29, 1.82) is 0 Å². The van der Waals surface area contributed by atoms with E-state index in [1.807, 2.05) is 0 Å². The molecule has 0 radical (unpaired) electrons. The topological polar surface area (TPSA) is 76.6 Å².